The summed E-state index contributed by atoms with van der Waals surface area (Å²) in [5, 5.41) is 30.1. The lowest BCUT2D eigenvalue weighted by atomic mass is 10.5. The highest BCUT2D eigenvalue weighted by Crippen LogP contribution is 2.21. The summed E-state index contributed by atoms with van der Waals surface area (Å²) in [5.41, 5.74) is -0.330. The topological polar surface area (TPSA) is 135 Å². The molecule has 0 amide bonds. The van der Waals surface area contributed by atoms with Crippen molar-refractivity contribution in [2.24, 2.45) is 0 Å². The van der Waals surface area contributed by atoms with E-state index >= 15 is 0 Å². The van der Waals surface area contributed by atoms with Crippen LogP contribution in [-0.4, -0.2) is 20.6 Å². The van der Waals surface area contributed by atoms with Gasteiger partial charge in [-0.15, -0.1) is 0 Å². The highest BCUT2D eigenvalue weighted by atomic mass is 16.6. The van der Waals surface area contributed by atoms with E-state index in [9.17, 15) is 0 Å². The number of nitrogens with zero attached hydrogens (tertiary/aromatic N) is 6. The summed E-state index contributed by atoms with van der Waals surface area (Å²) in [6.07, 6.45) is 0. The van der Waals surface area contributed by atoms with E-state index < -0.39 is 0 Å². The minimum atomic E-state index is -0.204. The lowest BCUT2D eigenvalue weighted by Crippen LogP contribution is -1.89. The number of aromatic nitrogens is 4. The molecular weight excluding hydrogens is 204 g/mol. The fourth-order valence-corrected chi connectivity index (χ4v) is 0.723. The van der Waals surface area contributed by atoms with Crippen molar-refractivity contribution in [2.45, 2.75) is 0 Å². The van der Waals surface area contributed by atoms with Gasteiger partial charge in [0.25, 0.3) is 0 Å². The van der Waals surface area contributed by atoms with Crippen LogP contribution in [0.1, 0.15) is 11.4 Å². The molecule has 2 rings (SSSR count). The van der Waals surface area contributed by atoms with Gasteiger partial charge in [-0.05, 0) is 20.6 Å². The maximum Gasteiger partial charge on any atom is 0.301 e. The Morgan fingerprint density at radius 2 is 1.33 bits per heavy atom. The van der Waals surface area contributed by atoms with E-state index in [2.05, 4.69) is 29.9 Å². The normalized spacial score (nSPS) is 9.20. The summed E-state index contributed by atoms with van der Waals surface area (Å²) in [6.45, 7) is 0. The predicted octanol–water partition coefficient (Wildman–Crippen LogP) is -0.0117. The van der Waals surface area contributed by atoms with Crippen LogP contribution in [0.25, 0.3) is 0 Å². The zero-order chi connectivity index (χ0) is 10.7. The van der Waals surface area contributed by atoms with E-state index in [1.54, 1.807) is 12.1 Å². The number of ether oxygens (including phenoxy) is 1. The van der Waals surface area contributed by atoms with E-state index in [4.69, 9.17) is 15.3 Å². The first-order valence-electron chi connectivity index (χ1n) is 3.48. The smallest absolute Gasteiger partial charge is 0.301 e. The van der Waals surface area contributed by atoms with Crippen molar-refractivity contribution in [3.63, 3.8) is 0 Å². The maximum absolute atomic E-state index is 8.55. The molecule has 0 atom stereocenters. The Morgan fingerprint density at radius 1 is 0.867 bits per heavy atom. The molecule has 9 heteroatoms. The Bertz CT molecular complexity index is 508. The summed E-state index contributed by atoms with van der Waals surface area (Å²) < 4.78 is 13.4. The molecule has 15 heavy (non-hydrogen) atoms. The Morgan fingerprint density at radius 3 is 1.73 bits per heavy atom. The van der Waals surface area contributed by atoms with Gasteiger partial charge in [0, 0.05) is 0 Å². The van der Waals surface area contributed by atoms with E-state index in [1.807, 2.05) is 0 Å². The van der Waals surface area contributed by atoms with Crippen LogP contribution in [0.5, 0.6) is 11.8 Å². The quantitative estimate of drug-likeness (QED) is 0.661. The highest BCUT2D eigenvalue weighted by Gasteiger charge is 2.17. The second-order valence-corrected chi connectivity index (χ2v) is 2.16. The second-order valence-electron chi connectivity index (χ2n) is 2.16. The summed E-state index contributed by atoms with van der Waals surface area (Å²) in [4.78, 5) is 0. The van der Waals surface area contributed by atoms with Gasteiger partial charge >= 0.3 is 11.8 Å². The molecular formula is C6N6O3. The minimum Gasteiger partial charge on any atom is -0.409 e. The predicted molar refractivity (Wildman–Crippen MR) is 38.1 cm³/mol. The van der Waals surface area contributed by atoms with Crippen molar-refractivity contribution >= 4 is 0 Å². The Hall–Kier alpha value is -2.94. The zero-order valence-electron chi connectivity index (χ0n) is 6.91. The molecule has 0 fully saturated rings. The van der Waals surface area contributed by atoms with E-state index in [-0.39, 0.29) is 23.1 Å². The minimum absolute atomic E-state index is 0.165. The van der Waals surface area contributed by atoms with Crippen LogP contribution >= 0.6 is 0 Å². The lowest BCUT2D eigenvalue weighted by molar-refractivity contribution is 0.272. The summed E-state index contributed by atoms with van der Waals surface area (Å²) in [7, 11) is 0. The van der Waals surface area contributed by atoms with Gasteiger partial charge in [0.2, 0.25) is 11.4 Å². The van der Waals surface area contributed by atoms with Gasteiger partial charge in [-0.1, -0.05) is 0 Å². The molecule has 0 aliphatic carbocycles. The van der Waals surface area contributed by atoms with Crippen LogP contribution in [0.3, 0.4) is 0 Å². The van der Waals surface area contributed by atoms with Crippen molar-refractivity contribution in [2.75, 3.05) is 0 Å². The number of rotatable bonds is 2. The van der Waals surface area contributed by atoms with Gasteiger partial charge in [0.15, 0.2) is 0 Å². The summed E-state index contributed by atoms with van der Waals surface area (Å²) >= 11 is 0. The SMILES string of the molecule is N#Cc1nonc1Oc1nonc1C#N. The third kappa shape index (κ3) is 1.45. The van der Waals surface area contributed by atoms with E-state index in [0.717, 1.165) is 0 Å². The monoisotopic (exact) mass is 204 g/mol. The number of hydrogen-bond donors (Lipinski definition) is 0. The van der Waals surface area contributed by atoms with Crippen LogP contribution in [0.2, 0.25) is 0 Å². The third-order valence-corrected chi connectivity index (χ3v) is 1.32. The van der Waals surface area contributed by atoms with Crippen LogP contribution in [0, 0.1) is 22.7 Å². The average molecular weight is 204 g/mol. The molecule has 0 radical (unpaired) electrons. The van der Waals surface area contributed by atoms with Gasteiger partial charge in [0.1, 0.15) is 12.1 Å². The summed E-state index contributed by atoms with van der Waals surface area (Å²) in [6, 6.07) is 3.34. The third-order valence-electron chi connectivity index (χ3n) is 1.32. The fourth-order valence-electron chi connectivity index (χ4n) is 0.723. The van der Waals surface area contributed by atoms with Crippen molar-refractivity contribution in [3.05, 3.63) is 11.4 Å². The Labute approximate surface area is 81.4 Å². The number of nitriles is 2. The standard InChI is InChI=1S/C6N6O3/c7-1-3-5(11-14-9-3)13-6-4(2-8)10-15-12-6. The van der Waals surface area contributed by atoms with Gasteiger partial charge in [-0.25, -0.2) is 9.26 Å². The molecule has 2 aromatic rings. The fraction of sp³-hybridized carbons (Fsp3) is 0. The van der Waals surface area contributed by atoms with Crippen LogP contribution in [0.15, 0.2) is 9.26 Å². The van der Waals surface area contributed by atoms with Gasteiger partial charge in [-0.2, -0.15) is 10.5 Å². The van der Waals surface area contributed by atoms with Crippen molar-refractivity contribution in [1.29, 1.82) is 10.5 Å². The Balaban J connectivity index is 2.31. The van der Waals surface area contributed by atoms with Gasteiger partial charge in [0.05, 0.1) is 0 Å². The van der Waals surface area contributed by atoms with Crippen molar-refractivity contribution in [3.8, 4) is 23.9 Å². The first kappa shape index (κ1) is 8.65. The van der Waals surface area contributed by atoms with Crippen molar-refractivity contribution < 1.29 is 14.0 Å². The molecule has 0 aliphatic heterocycles. The molecule has 0 aliphatic rings. The Kier molecular flexibility index (Phi) is 1.98. The largest absolute Gasteiger partial charge is 0.409 e. The molecule has 0 saturated carbocycles. The van der Waals surface area contributed by atoms with Crippen LogP contribution in [-0.2, 0) is 0 Å². The molecule has 0 aromatic carbocycles. The van der Waals surface area contributed by atoms with Gasteiger partial charge in [-0.3, -0.25) is 0 Å². The lowest BCUT2D eigenvalue weighted by Gasteiger charge is -1.92. The van der Waals surface area contributed by atoms with Crippen molar-refractivity contribution in [1.82, 2.24) is 20.6 Å². The molecule has 9 nitrogen and oxygen atoms in total. The molecule has 0 saturated heterocycles. The van der Waals surface area contributed by atoms with Crippen LogP contribution in [0.4, 0.5) is 0 Å². The maximum atomic E-state index is 8.55. The van der Waals surface area contributed by atoms with E-state index in [0.29, 0.717) is 0 Å². The zero-order valence-corrected chi connectivity index (χ0v) is 6.91. The highest BCUT2D eigenvalue weighted by molar-refractivity contribution is 5.35. The first-order valence-corrected chi connectivity index (χ1v) is 3.48. The molecule has 2 aromatic heterocycles. The van der Waals surface area contributed by atoms with Gasteiger partial charge < -0.3 is 4.74 Å². The average Bonchev–Trinajstić information content (AvgIpc) is 2.87. The molecule has 72 valence electrons. The molecule has 0 N–H and O–H groups in total. The first-order chi connectivity index (χ1) is 7.35. The van der Waals surface area contributed by atoms with Crippen LogP contribution < -0.4 is 4.74 Å². The molecule has 0 bridgehead atoms. The molecule has 0 unspecified atom stereocenters. The van der Waals surface area contributed by atoms with E-state index in [1.165, 1.54) is 0 Å². The molecule has 0 spiro atoms. The summed E-state index contributed by atoms with van der Waals surface area (Å²) in [5.74, 6) is -0.408. The number of hydrogen-bond acceptors (Lipinski definition) is 9. The molecule has 2 heterocycles. The second kappa shape index (κ2) is 3.43.